The summed E-state index contributed by atoms with van der Waals surface area (Å²) >= 11 is 0. The molecule has 1 atom stereocenters. The van der Waals surface area contributed by atoms with Gasteiger partial charge in [-0.1, -0.05) is 32.6 Å². The van der Waals surface area contributed by atoms with E-state index in [2.05, 4.69) is 11.8 Å². The van der Waals surface area contributed by atoms with Crippen LogP contribution in [-0.4, -0.2) is 35.2 Å². The van der Waals surface area contributed by atoms with Crippen LogP contribution in [0, 0.1) is 5.92 Å². The molecule has 0 radical (unpaired) electrons. The van der Waals surface area contributed by atoms with Crippen LogP contribution in [0.25, 0.3) is 0 Å². The van der Waals surface area contributed by atoms with Crippen LogP contribution in [0.3, 0.4) is 0 Å². The molecule has 0 aliphatic heterocycles. The molecule has 0 amide bonds. The Hall–Kier alpha value is -0.0800. The summed E-state index contributed by atoms with van der Waals surface area (Å²) in [4.78, 5) is 2.56. The van der Waals surface area contributed by atoms with Crippen molar-refractivity contribution in [2.24, 2.45) is 5.92 Å². The van der Waals surface area contributed by atoms with Gasteiger partial charge in [-0.2, -0.15) is 0 Å². The second kappa shape index (κ2) is 6.75. The summed E-state index contributed by atoms with van der Waals surface area (Å²) in [5.74, 6) is 0.589. The molecule has 1 unspecified atom stereocenters. The maximum atomic E-state index is 10.4. The van der Waals surface area contributed by atoms with Gasteiger partial charge in [-0.25, -0.2) is 0 Å². The van der Waals surface area contributed by atoms with Crippen molar-refractivity contribution in [2.45, 2.75) is 76.9 Å². The molecule has 2 nitrogen and oxygen atoms in total. The van der Waals surface area contributed by atoms with Gasteiger partial charge in [0.25, 0.3) is 0 Å². The van der Waals surface area contributed by atoms with Gasteiger partial charge in [0, 0.05) is 12.6 Å². The van der Waals surface area contributed by atoms with E-state index in [0.717, 1.165) is 12.6 Å². The Bertz CT molecular complexity index is 209. The topological polar surface area (TPSA) is 23.5 Å². The average molecular weight is 239 g/mol. The van der Waals surface area contributed by atoms with Gasteiger partial charge < -0.3 is 5.11 Å². The molecule has 0 aromatic heterocycles. The largest absolute Gasteiger partial charge is 0.392 e. The van der Waals surface area contributed by atoms with Crippen molar-refractivity contribution in [1.29, 1.82) is 0 Å². The Morgan fingerprint density at radius 3 is 2.41 bits per heavy atom. The van der Waals surface area contributed by atoms with E-state index in [1.807, 2.05) is 0 Å². The fourth-order valence-corrected chi connectivity index (χ4v) is 3.13. The zero-order valence-corrected chi connectivity index (χ0v) is 11.4. The van der Waals surface area contributed by atoms with Crippen molar-refractivity contribution < 1.29 is 5.11 Å². The number of aliphatic hydroxyl groups excluding tert-OH is 1. The van der Waals surface area contributed by atoms with E-state index in [4.69, 9.17) is 0 Å². The molecule has 17 heavy (non-hydrogen) atoms. The Kier molecular flexibility index (Phi) is 5.30. The van der Waals surface area contributed by atoms with E-state index in [1.165, 1.54) is 64.3 Å². The van der Waals surface area contributed by atoms with Gasteiger partial charge in [0.05, 0.1) is 6.10 Å². The molecule has 0 heterocycles. The molecular formula is C15H29NO. The van der Waals surface area contributed by atoms with E-state index >= 15 is 0 Å². The summed E-state index contributed by atoms with van der Waals surface area (Å²) < 4.78 is 0. The van der Waals surface area contributed by atoms with Gasteiger partial charge >= 0.3 is 0 Å². The van der Waals surface area contributed by atoms with Crippen LogP contribution in [0.2, 0.25) is 0 Å². The van der Waals surface area contributed by atoms with Gasteiger partial charge in [0.2, 0.25) is 0 Å². The van der Waals surface area contributed by atoms with Crippen molar-refractivity contribution in [3.63, 3.8) is 0 Å². The number of hydrogen-bond donors (Lipinski definition) is 1. The van der Waals surface area contributed by atoms with Crippen molar-refractivity contribution in [3.8, 4) is 0 Å². The van der Waals surface area contributed by atoms with Crippen molar-refractivity contribution >= 4 is 0 Å². The average Bonchev–Trinajstić information content (AvgIpc) is 3.19. The maximum Gasteiger partial charge on any atom is 0.0695 e. The van der Waals surface area contributed by atoms with Crippen molar-refractivity contribution in [1.82, 2.24) is 4.90 Å². The Morgan fingerprint density at radius 1 is 1.12 bits per heavy atom. The third kappa shape index (κ3) is 4.26. The van der Waals surface area contributed by atoms with Gasteiger partial charge in [-0.05, 0) is 44.6 Å². The molecule has 2 heteroatoms. The van der Waals surface area contributed by atoms with Gasteiger partial charge in [0.1, 0.15) is 0 Å². The second-order valence-electron chi connectivity index (χ2n) is 6.05. The minimum Gasteiger partial charge on any atom is -0.392 e. The lowest BCUT2D eigenvalue weighted by Gasteiger charge is -2.31. The van der Waals surface area contributed by atoms with Crippen LogP contribution in [-0.2, 0) is 0 Å². The monoisotopic (exact) mass is 239 g/mol. The third-order valence-corrected chi connectivity index (χ3v) is 4.48. The van der Waals surface area contributed by atoms with Crippen LogP contribution < -0.4 is 0 Å². The van der Waals surface area contributed by atoms with Gasteiger partial charge in [-0.15, -0.1) is 0 Å². The first kappa shape index (κ1) is 13.4. The lowest BCUT2D eigenvalue weighted by molar-refractivity contribution is 0.0445. The second-order valence-corrected chi connectivity index (χ2v) is 6.05. The smallest absolute Gasteiger partial charge is 0.0695 e. The summed E-state index contributed by atoms with van der Waals surface area (Å²) in [5, 5.41) is 10.4. The van der Waals surface area contributed by atoms with Crippen LogP contribution in [0.15, 0.2) is 0 Å². The van der Waals surface area contributed by atoms with E-state index in [-0.39, 0.29) is 6.10 Å². The highest BCUT2D eigenvalue weighted by Crippen LogP contribution is 2.31. The number of nitrogens with zero attached hydrogens (tertiary/aromatic N) is 1. The molecule has 1 N–H and O–H groups in total. The first-order valence-electron chi connectivity index (χ1n) is 7.73. The number of aliphatic hydroxyl groups is 1. The number of hydrogen-bond acceptors (Lipinski definition) is 2. The molecule has 0 bridgehead atoms. The van der Waals surface area contributed by atoms with Gasteiger partial charge in [0.15, 0.2) is 0 Å². The van der Waals surface area contributed by atoms with Crippen LogP contribution in [0.4, 0.5) is 0 Å². The summed E-state index contributed by atoms with van der Waals surface area (Å²) in [5.41, 5.74) is 0. The van der Waals surface area contributed by atoms with Crippen molar-refractivity contribution in [2.75, 3.05) is 13.1 Å². The van der Waals surface area contributed by atoms with E-state index in [1.54, 1.807) is 0 Å². The predicted molar refractivity (Wildman–Crippen MR) is 72.1 cm³/mol. The maximum absolute atomic E-state index is 10.4. The normalized spacial score (nSPS) is 24.2. The Labute approximate surface area is 106 Å². The number of rotatable bonds is 7. The van der Waals surface area contributed by atoms with Crippen LogP contribution >= 0.6 is 0 Å². The Morgan fingerprint density at radius 2 is 1.82 bits per heavy atom. The molecule has 100 valence electrons. The van der Waals surface area contributed by atoms with E-state index in [9.17, 15) is 5.11 Å². The first-order valence-corrected chi connectivity index (χ1v) is 7.73. The fraction of sp³-hybridized carbons (Fsp3) is 1.00. The zero-order chi connectivity index (χ0) is 12.1. The summed E-state index contributed by atoms with van der Waals surface area (Å²) in [7, 11) is 0. The molecule has 2 fully saturated rings. The quantitative estimate of drug-likeness (QED) is 0.737. The van der Waals surface area contributed by atoms with Crippen LogP contribution in [0.1, 0.15) is 64.7 Å². The molecule has 2 saturated carbocycles. The van der Waals surface area contributed by atoms with E-state index in [0.29, 0.717) is 5.92 Å². The molecular weight excluding hydrogens is 210 g/mol. The number of unbranched alkanes of at least 4 members (excludes halogenated alkanes) is 1. The SMILES string of the molecule is CCCCN(CC(O)C1CCCCC1)C1CC1. The highest BCUT2D eigenvalue weighted by molar-refractivity contribution is 4.87. The van der Waals surface area contributed by atoms with Crippen LogP contribution in [0.5, 0.6) is 0 Å². The molecule has 2 aliphatic rings. The summed E-state index contributed by atoms with van der Waals surface area (Å²) in [6.45, 7) is 4.39. The fourth-order valence-electron chi connectivity index (χ4n) is 3.13. The summed E-state index contributed by atoms with van der Waals surface area (Å²) in [6.07, 6.45) is 11.8. The lowest BCUT2D eigenvalue weighted by atomic mass is 9.85. The summed E-state index contributed by atoms with van der Waals surface area (Å²) in [6, 6.07) is 0.805. The molecule has 0 spiro atoms. The minimum atomic E-state index is -0.0623. The van der Waals surface area contributed by atoms with Crippen molar-refractivity contribution in [3.05, 3.63) is 0 Å². The lowest BCUT2D eigenvalue weighted by Crippen LogP contribution is -2.39. The molecule has 0 aromatic carbocycles. The van der Waals surface area contributed by atoms with E-state index < -0.39 is 0 Å². The molecule has 2 rings (SSSR count). The first-order chi connectivity index (χ1) is 8.31. The highest BCUT2D eigenvalue weighted by atomic mass is 16.3. The molecule has 0 saturated heterocycles. The van der Waals surface area contributed by atoms with Gasteiger partial charge in [-0.3, -0.25) is 4.90 Å². The minimum absolute atomic E-state index is 0.0623. The molecule has 2 aliphatic carbocycles. The Balaban J connectivity index is 1.75. The third-order valence-electron chi connectivity index (χ3n) is 4.48. The molecule has 0 aromatic rings. The highest BCUT2D eigenvalue weighted by Gasteiger charge is 2.31. The zero-order valence-electron chi connectivity index (χ0n) is 11.4. The standard InChI is InChI=1S/C15H29NO/c1-2-3-11-16(14-9-10-14)12-15(17)13-7-5-4-6-8-13/h13-15,17H,2-12H2,1H3. The predicted octanol–water partition coefficient (Wildman–Crippen LogP) is 3.19.